The number of carboxylic acid groups (broad SMARTS) is 1. The smallest absolute Gasteiger partial charge is 0.303 e. The summed E-state index contributed by atoms with van der Waals surface area (Å²) in [6, 6.07) is 1.09. The quantitative estimate of drug-likeness (QED) is 0.515. The van der Waals surface area contributed by atoms with E-state index in [9.17, 15) is 4.79 Å². The van der Waals surface area contributed by atoms with Gasteiger partial charge in [0.05, 0.1) is 0 Å². The first-order chi connectivity index (χ1) is 5.48. The molecule has 12 heavy (non-hydrogen) atoms. The van der Waals surface area contributed by atoms with E-state index in [1.165, 1.54) is 0 Å². The van der Waals surface area contributed by atoms with Crippen molar-refractivity contribution in [2.24, 2.45) is 0 Å². The predicted molar refractivity (Wildman–Crippen MR) is 54.8 cm³/mol. The van der Waals surface area contributed by atoms with Crippen LogP contribution in [0.1, 0.15) is 19.3 Å². The molecule has 0 amide bonds. The highest BCUT2D eigenvalue weighted by molar-refractivity contribution is 6.73. The van der Waals surface area contributed by atoms with Crippen molar-refractivity contribution in [1.29, 1.82) is 0 Å². The molecule has 0 aliphatic carbocycles. The number of unbranched alkanes of at least 4 members (excludes halogenated alkanes) is 1. The fourth-order valence-corrected chi connectivity index (χ4v) is 2.85. The average Bonchev–Trinajstić information content (AvgIpc) is 1.98. The van der Waals surface area contributed by atoms with Crippen LogP contribution in [0.3, 0.4) is 0 Å². The Kier molecular flexibility index (Phi) is 5.44. The van der Waals surface area contributed by atoms with E-state index >= 15 is 0 Å². The fraction of sp³-hybridized carbons (Fsp3) is 0.857. The van der Waals surface area contributed by atoms with Gasteiger partial charge in [-0.05, 0) is 25.6 Å². The lowest BCUT2D eigenvalue weighted by Crippen LogP contribution is -2.28. The average molecular weight is 206 g/mol. The second-order valence-corrected chi connectivity index (χ2v) is 9.22. The molecule has 72 valence electrons. The fourth-order valence-electron chi connectivity index (χ4n) is 0.929. The first-order valence-electron chi connectivity index (χ1n) is 4.25. The van der Waals surface area contributed by atoms with Gasteiger partial charge in [0, 0.05) is 6.42 Å². The third-order valence-electron chi connectivity index (χ3n) is 1.97. The number of carbonyl (C=O) groups is 1. The molecule has 0 spiro atoms. The zero-order chi connectivity index (χ0) is 9.61. The normalized spacial score (nSPS) is 11.8. The number of aliphatic carboxylic acids is 1. The summed E-state index contributed by atoms with van der Waals surface area (Å²) in [5.41, 5.74) is 0. The molecule has 3 nitrogen and oxygen atoms in total. The zero-order valence-electron chi connectivity index (χ0n) is 8.09. The van der Waals surface area contributed by atoms with Crippen molar-refractivity contribution in [3.05, 3.63) is 0 Å². The van der Waals surface area contributed by atoms with Crippen LogP contribution in [0.4, 0.5) is 0 Å². The van der Waals surface area contributed by atoms with Crippen LogP contribution < -0.4 is 0 Å². The summed E-state index contributed by atoms with van der Waals surface area (Å²) in [4.78, 5) is 10.2. The number of carboxylic acids is 1. The van der Waals surface area contributed by atoms with E-state index in [0.717, 1.165) is 29.4 Å². The molecule has 0 aliphatic rings. The van der Waals surface area contributed by atoms with E-state index < -0.39 is 14.3 Å². The van der Waals surface area contributed by atoms with Crippen LogP contribution in [0.25, 0.3) is 0 Å². The standard InChI is InChI=1S/C7H18O3Si2/c1-12(2,10-11)6-4-3-5-7(8)9/h3-6H2,1-2,11H3,(H,8,9). The van der Waals surface area contributed by atoms with Gasteiger partial charge in [0.15, 0.2) is 8.32 Å². The van der Waals surface area contributed by atoms with Gasteiger partial charge in [-0.3, -0.25) is 4.79 Å². The Morgan fingerprint density at radius 3 is 2.50 bits per heavy atom. The highest BCUT2D eigenvalue weighted by Crippen LogP contribution is 2.14. The van der Waals surface area contributed by atoms with Gasteiger partial charge in [-0.15, -0.1) is 0 Å². The Bertz CT molecular complexity index is 148. The second kappa shape index (κ2) is 5.50. The number of rotatable bonds is 6. The molecular weight excluding hydrogens is 188 g/mol. The molecule has 0 aliphatic heterocycles. The lowest BCUT2D eigenvalue weighted by molar-refractivity contribution is -0.137. The van der Waals surface area contributed by atoms with E-state index in [1.54, 1.807) is 0 Å². The maximum absolute atomic E-state index is 10.2. The largest absolute Gasteiger partial charge is 0.481 e. The Labute approximate surface area is 77.8 Å². The molecule has 1 N–H and O–H groups in total. The molecule has 0 heterocycles. The molecule has 0 atom stereocenters. The number of hydrogen-bond donors (Lipinski definition) is 1. The maximum Gasteiger partial charge on any atom is 0.303 e. The van der Waals surface area contributed by atoms with Crippen LogP contribution in [-0.2, 0) is 8.91 Å². The van der Waals surface area contributed by atoms with Gasteiger partial charge in [-0.1, -0.05) is 6.42 Å². The first-order valence-corrected chi connectivity index (χ1v) is 8.18. The van der Waals surface area contributed by atoms with Crippen LogP contribution >= 0.6 is 0 Å². The lowest BCUT2D eigenvalue weighted by Gasteiger charge is -2.19. The van der Waals surface area contributed by atoms with Crippen molar-refractivity contribution in [3.63, 3.8) is 0 Å². The van der Waals surface area contributed by atoms with Crippen molar-refractivity contribution in [1.82, 2.24) is 0 Å². The molecule has 0 rings (SSSR count). The minimum Gasteiger partial charge on any atom is -0.481 e. The third kappa shape index (κ3) is 6.57. The van der Waals surface area contributed by atoms with Crippen LogP contribution in [0.15, 0.2) is 0 Å². The number of hydrogen-bond acceptors (Lipinski definition) is 2. The van der Waals surface area contributed by atoms with E-state index in [-0.39, 0.29) is 0 Å². The summed E-state index contributed by atoms with van der Waals surface area (Å²) < 4.78 is 5.48. The van der Waals surface area contributed by atoms with Gasteiger partial charge < -0.3 is 9.22 Å². The molecule has 0 radical (unpaired) electrons. The maximum atomic E-state index is 10.2. The van der Waals surface area contributed by atoms with Crippen molar-refractivity contribution in [2.45, 2.75) is 38.4 Å². The van der Waals surface area contributed by atoms with Crippen LogP contribution in [0.5, 0.6) is 0 Å². The topological polar surface area (TPSA) is 46.5 Å². The molecular formula is C7H18O3Si2. The predicted octanol–water partition coefficient (Wildman–Crippen LogP) is 0.743. The Balaban J connectivity index is 3.37. The molecule has 0 saturated carbocycles. The Hall–Kier alpha value is -0.136. The highest BCUT2D eigenvalue weighted by atomic mass is 28.4. The van der Waals surface area contributed by atoms with E-state index in [0.29, 0.717) is 6.42 Å². The third-order valence-corrected chi connectivity index (χ3v) is 7.95. The minimum atomic E-state index is -1.38. The van der Waals surface area contributed by atoms with Gasteiger partial charge in [0.1, 0.15) is 10.5 Å². The van der Waals surface area contributed by atoms with Crippen molar-refractivity contribution >= 4 is 24.8 Å². The molecule has 0 fully saturated rings. The van der Waals surface area contributed by atoms with Crippen molar-refractivity contribution in [3.8, 4) is 0 Å². The van der Waals surface area contributed by atoms with Crippen LogP contribution in [-0.4, -0.2) is 29.9 Å². The molecule has 0 bridgehead atoms. The van der Waals surface area contributed by atoms with E-state index in [4.69, 9.17) is 9.22 Å². The van der Waals surface area contributed by atoms with Crippen molar-refractivity contribution in [2.75, 3.05) is 0 Å². The van der Waals surface area contributed by atoms with Gasteiger partial charge in [-0.2, -0.15) is 0 Å². The van der Waals surface area contributed by atoms with Crippen LogP contribution in [0.2, 0.25) is 19.1 Å². The van der Waals surface area contributed by atoms with Gasteiger partial charge in [-0.25, -0.2) is 0 Å². The lowest BCUT2D eigenvalue weighted by atomic mass is 10.2. The van der Waals surface area contributed by atoms with Gasteiger partial charge in [0.25, 0.3) is 0 Å². The molecule has 0 saturated heterocycles. The summed E-state index contributed by atoms with van der Waals surface area (Å²) in [6.45, 7) is 4.36. The highest BCUT2D eigenvalue weighted by Gasteiger charge is 2.18. The van der Waals surface area contributed by atoms with Crippen LogP contribution in [0, 0.1) is 0 Å². The van der Waals surface area contributed by atoms with Crippen molar-refractivity contribution < 1.29 is 14.0 Å². The molecule has 0 aromatic carbocycles. The second-order valence-electron chi connectivity index (χ2n) is 3.56. The molecule has 0 aromatic heterocycles. The Morgan fingerprint density at radius 2 is 2.08 bits per heavy atom. The summed E-state index contributed by atoms with van der Waals surface area (Å²) in [7, 11) is -0.573. The summed E-state index contributed by atoms with van der Waals surface area (Å²) in [5.74, 6) is -0.693. The molecule has 0 unspecified atom stereocenters. The zero-order valence-corrected chi connectivity index (χ0v) is 11.1. The van der Waals surface area contributed by atoms with E-state index in [2.05, 4.69) is 13.1 Å². The monoisotopic (exact) mass is 206 g/mol. The Morgan fingerprint density at radius 1 is 1.50 bits per heavy atom. The summed E-state index contributed by atoms with van der Waals surface area (Å²) >= 11 is 0. The molecule has 5 heteroatoms. The minimum absolute atomic E-state index is 0.297. The first kappa shape index (κ1) is 11.9. The summed E-state index contributed by atoms with van der Waals surface area (Å²) in [6.07, 6.45) is 2.08. The van der Waals surface area contributed by atoms with E-state index in [1.807, 2.05) is 0 Å². The summed E-state index contributed by atoms with van der Waals surface area (Å²) in [5, 5.41) is 8.39. The SMILES string of the molecule is C[Si](C)(CCCCC(=O)O)O[SiH3]. The van der Waals surface area contributed by atoms with Gasteiger partial charge in [0.2, 0.25) is 0 Å². The van der Waals surface area contributed by atoms with Gasteiger partial charge >= 0.3 is 5.97 Å². The molecule has 0 aromatic rings.